The lowest BCUT2D eigenvalue weighted by Crippen LogP contribution is -2.25. The van der Waals surface area contributed by atoms with E-state index in [1.54, 1.807) is 5.48 Å². The predicted octanol–water partition coefficient (Wildman–Crippen LogP) is 1.89. The highest BCUT2D eigenvalue weighted by Crippen LogP contribution is 2.17. The zero-order chi connectivity index (χ0) is 15.8. The molecule has 1 aromatic heterocycles. The van der Waals surface area contributed by atoms with Crippen molar-refractivity contribution in [3.8, 4) is 0 Å². The Bertz CT molecular complexity index is 636. The van der Waals surface area contributed by atoms with Gasteiger partial charge in [0.2, 0.25) is 11.8 Å². The van der Waals surface area contributed by atoms with Crippen molar-refractivity contribution in [3.05, 3.63) is 36.0 Å². The standard InChI is InChI=1S/C16H21N3O3/c20-15(7-3-4-8-16(21)19-22)17-10-9-12-11-18-14-6-2-1-5-13(12)14/h1-2,5-6,11,18,22H,3-4,7-10H2,(H,17,20)(H,19,21). The van der Waals surface area contributed by atoms with Crippen LogP contribution in [0.4, 0.5) is 0 Å². The Labute approximate surface area is 128 Å². The Morgan fingerprint density at radius 3 is 2.59 bits per heavy atom. The van der Waals surface area contributed by atoms with Crippen molar-refractivity contribution in [3.63, 3.8) is 0 Å². The zero-order valence-electron chi connectivity index (χ0n) is 12.4. The molecule has 0 aliphatic rings. The molecule has 4 N–H and O–H groups in total. The van der Waals surface area contributed by atoms with E-state index in [9.17, 15) is 9.59 Å². The van der Waals surface area contributed by atoms with E-state index in [4.69, 9.17) is 5.21 Å². The number of hydroxylamine groups is 1. The van der Waals surface area contributed by atoms with Gasteiger partial charge in [0.1, 0.15) is 0 Å². The number of para-hydroxylation sites is 1. The van der Waals surface area contributed by atoms with Crippen LogP contribution in [-0.2, 0) is 16.0 Å². The van der Waals surface area contributed by atoms with Crippen molar-refractivity contribution in [1.82, 2.24) is 15.8 Å². The summed E-state index contributed by atoms with van der Waals surface area (Å²) in [5.41, 5.74) is 3.87. The van der Waals surface area contributed by atoms with Gasteiger partial charge in [-0.3, -0.25) is 14.8 Å². The fraction of sp³-hybridized carbons (Fsp3) is 0.375. The number of rotatable bonds is 8. The van der Waals surface area contributed by atoms with Crippen molar-refractivity contribution < 1.29 is 14.8 Å². The molecule has 0 spiro atoms. The highest BCUT2D eigenvalue weighted by Gasteiger charge is 2.05. The number of aromatic nitrogens is 1. The van der Waals surface area contributed by atoms with Crippen LogP contribution in [0.25, 0.3) is 10.9 Å². The van der Waals surface area contributed by atoms with Crippen LogP contribution in [0.15, 0.2) is 30.5 Å². The zero-order valence-corrected chi connectivity index (χ0v) is 12.4. The molecule has 0 unspecified atom stereocenters. The first-order chi connectivity index (χ1) is 10.7. The van der Waals surface area contributed by atoms with Gasteiger partial charge < -0.3 is 10.3 Å². The van der Waals surface area contributed by atoms with Crippen LogP contribution in [0.2, 0.25) is 0 Å². The van der Waals surface area contributed by atoms with Crippen LogP contribution in [0, 0.1) is 0 Å². The first kappa shape index (κ1) is 16.0. The molecule has 1 heterocycles. The van der Waals surface area contributed by atoms with Gasteiger partial charge in [0.25, 0.3) is 0 Å². The maximum Gasteiger partial charge on any atom is 0.243 e. The van der Waals surface area contributed by atoms with E-state index >= 15 is 0 Å². The normalized spacial score (nSPS) is 10.6. The lowest BCUT2D eigenvalue weighted by atomic mass is 10.1. The Hall–Kier alpha value is -2.34. The van der Waals surface area contributed by atoms with Crippen molar-refractivity contribution >= 4 is 22.7 Å². The minimum absolute atomic E-state index is 0.00996. The highest BCUT2D eigenvalue weighted by atomic mass is 16.5. The van der Waals surface area contributed by atoms with Crippen LogP contribution in [0.3, 0.4) is 0 Å². The number of carbonyl (C=O) groups is 2. The van der Waals surface area contributed by atoms with E-state index < -0.39 is 5.91 Å². The maximum atomic E-state index is 11.7. The topological polar surface area (TPSA) is 94.2 Å². The van der Waals surface area contributed by atoms with Gasteiger partial charge >= 0.3 is 0 Å². The summed E-state index contributed by atoms with van der Waals surface area (Å²) in [7, 11) is 0. The van der Waals surface area contributed by atoms with Crippen LogP contribution >= 0.6 is 0 Å². The van der Waals surface area contributed by atoms with Crippen LogP contribution in [0.1, 0.15) is 31.2 Å². The molecule has 0 aliphatic heterocycles. The van der Waals surface area contributed by atoms with E-state index in [0.717, 1.165) is 11.9 Å². The minimum atomic E-state index is -0.417. The molecule has 0 bridgehead atoms. The first-order valence-electron chi connectivity index (χ1n) is 7.45. The highest BCUT2D eigenvalue weighted by molar-refractivity contribution is 5.83. The summed E-state index contributed by atoms with van der Waals surface area (Å²) in [5, 5.41) is 12.4. The van der Waals surface area contributed by atoms with Gasteiger partial charge in [-0.25, -0.2) is 5.48 Å². The van der Waals surface area contributed by atoms with Crippen molar-refractivity contribution in [1.29, 1.82) is 0 Å². The van der Waals surface area contributed by atoms with Gasteiger partial charge in [-0.05, 0) is 30.9 Å². The number of benzene rings is 1. The van der Waals surface area contributed by atoms with Crippen molar-refractivity contribution in [2.45, 2.75) is 32.1 Å². The number of amides is 2. The lowest BCUT2D eigenvalue weighted by Gasteiger charge is -2.05. The molecule has 2 rings (SSSR count). The number of carbonyl (C=O) groups excluding carboxylic acids is 2. The average Bonchev–Trinajstić information content (AvgIpc) is 2.95. The van der Waals surface area contributed by atoms with E-state index in [1.165, 1.54) is 10.9 Å². The molecule has 22 heavy (non-hydrogen) atoms. The molecule has 0 aliphatic carbocycles. The smallest absolute Gasteiger partial charge is 0.243 e. The number of hydrogen-bond acceptors (Lipinski definition) is 3. The molecule has 0 saturated carbocycles. The van der Waals surface area contributed by atoms with Crippen molar-refractivity contribution in [2.75, 3.05) is 6.54 Å². The summed E-state index contributed by atoms with van der Waals surface area (Å²) in [6.45, 7) is 0.595. The Morgan fingerprint density at radius 1 is 1.09 bits per heavy atom. The molecule has 0 saturated heterocycles. The molecule has 0 fully saturated rings. The van der Waals surface area contributed by atoms with E-state index in [-0.39, 0.29) is 12.3 Å². The molecule has 2 aromatic rings. The quantitative estimate of drug-likeness (QED) is 0.341. The van der Waals surface area contributed by atoms with Gasteiger partial charge in [-0.1, -0.05) is 18.2 Å². The number of H-pyrrole nitrogens is 1. The number of nitrogens with one attached hydrogen (secondary N) is 3. The number of hydrogen-bond donors (Lipinski definition) is 4. The van der Waals surface area contributed by atoms with Crippen LogP contribution < -0.4 is 10.8 Å². The Morgan fingerprint density at radius 2 is 1.82 bits per heavy atom. The molecule has 1 aromatic carbocycles. The number of aromatic amines is 1. The summed E-state index contributed by atoms with van der Waals surface area (Å²) in [5.74, 6) is -0.427. The molecular weight excluding hydrogens is 282 g/mol. The third kappa shape index (κ3) is 4.60. The van der Waals surface area contributed by atoms with Crippen LogP contribution in [-0.4, -0.2) is 28.6 Å². The van der Waals surface area contributed by atoms with Gasteiger partial charge in [0.15, 0.2) is 0 Å². The first-order valence-corrected chi connectivity index (χ1v) is 7.45. The summed E-state index contributed by atoms with van der Waals surface area (Å²) in [6, 6.07) is 8.08. The monoisotopic (exact) mass is 303 g/mol. The molecule has 118 valence electrons. The average molecular weight is 303 g/mol. The van der Waals surface area contributed by atoms with Gasteiger partial charge in [-0.2, -0.15) is 0 Å². The fourth-order valence-electron chi connectivity index (χ4n) is 2.39. The molecule has 6 heteroatoms. The Kier molecular flexibility index (Phi) is 5.97. The second kappa shape index (κ2) is 8.19. The van der Waals surface area contributed by atoms with E-state index in [0.29, 0.717) is 25.8 Å². The molecule has 0 radical (unpaired) electrons. The predicted molar refractivity (Wildman–Crippen MR) is 83.4 cm³/mol. The number of unbranched alkanes of at least 4 members (excludes halogenated alkanes) is 1. The SMILES string of the molecule is O=C(CCCCC(=O)NCCc1c[nH]c2ccccc12)NO. The minimum Gasteiger partial charge on any atom is -0.361 e. The second-order valence-electron chi connectivity index (χ2n) is 5.20. The number of fused-ring (bicyclic) bond motifs is 1. The summed E-state index contributed by atoms with van der Waals surface area (Å²) >= 11 is 0. The third-order valence-electron chi connectivity index (χ3n) is 3.57. The largest absolute Gasteiger partial charge is 0.361 e. The second-order valence-corrected chi connectivity index (χ2v) is 5.20. The summed E-state index contributed by atoms with van der Waals surface area (Å²) < 4.78 is 0. The van der Waals surface area contributed by atoms with Gasteiger partial charge in [0, 0.05) is 36.5 Å². The van der Waals surface area contributed by atoms with Gasteiger partial charge in [0.05, 0.1) is 0 Å². The van der Waals surface area contributed by atoms with E-state index in [1.807, 2.05) is 24.4 Å². The Balaban J connectivity index is 1.66. The van der Waals surface area contributed by atoms with Crippen LogP contribution in [0.5, 0.6) is 0 Å². The fourth-order valence-corrected chi connectivity index (χ4v) is 2.39. The molecule has 0 atom stereocenters. The lowest BCUT2D eigenvalue weighted by molar-refractivity contribution is -0.129. The summed E-state index contributed by atoms with van der Waals surface area (Å²) in [4.78, 5) is 25.7. The maximum absolute atomic E-state index is 11.7. The molecule has 2 amide bonds. The van der Waals surface area contributed by atoms with Crippen molar-refractivity contribution in [2.24, 2.45) is 0 Å². The van der Waals surface area contributed by atoms with Gasteiger partial charge in [-0.15, -0.1) is 0 Å². The summed E-state index contributed by atoms with van der Waals surface area (Å²) in [6.07, 6.45) is 4.60. The van der Waals surface area contributed by atoms with E-state index in [2.05, 4.69) is 16.4 Å². The molecule has 6 nitrogen and oxygen atoms in total. The molecular formula is C16H21N3O3. The third-order valence-corrected chi connectivity index (χ3v) is 3.57.